The number of rotatable bonds is 6. The van der Waals surface area contributed by atoms with Gasteiger partial charge in [0.25, 0.3) is 0 Å². The minimum Gasteiger partial charge on any atom is -0.329 e. The number of nitrogens with zero attached hydrogens (tertiary/aromatic N) is 3. The zero-order chi connectivity index (χ0) is 18.7. The van der Waals surface area contributed by atoms with Gasteiger partial charge in [-0.15, -0.1) is 0 Å². The van der Waals surface area contributed by atoms with Crippen LogP contribution in [0.15, 0.2) is 33.6 Å². The van der Waals surface area contributed by atoms with Gasteiger partial charge in [-0.05, 0) is 31.2 Å². The second-order valence-corrected chi connectivity index (χ2v) is 9.11. The van der Waals surface area contributed by atoms with E-state index >= 15 is 0 Å². The van der Waals surface area contributed by atoms with Gasteiger partial charge < -0.3 is 10.2 Å². The SMILES string of the molecule is O=C1CNC(=O)N1CCCN1CCN(S(=O)(=O)c2cccc(Br)c2)CC1. The number of amides is 3. The molecule has 2 heterocycles. The number of piperazine rings is 1. The molecular weight excluding hydrogens is 424 g/mol. The molecule has 0 aromatic heterocycles. The van der Waals surface area contributed by atoms with Gasteiger partial charge in [0.1, 0.15) is 0 Å². The van der Waals surface area contributed by atoms with Crippen molar-refractivity contribution < 1.29 is 18.0 Å². The van der Waals surface area contributed by atoms with E-state index < -0.39 is 10.0 Å². The molecule has 1 aromatic carbocycles. The third-order valence-electron chi connectivity index (χ3n) is 4.56. The first-order valence-electron chi connectivity index (χ1n) is 8.44. The number of sulfonamides is 1. The Bertz CT molecular complexity index is 777. The molecule has 0 saturated carbocycles. The Balaban J connectivity index is 1.48. The highest BCUT2D eigenvalue weighted by molar-refractivity contribution is 9.10. The molecule has 0 radical (unpaired) electrons. The molecule has 142 valence electrons. The predicted octanol–water partition coefficient (Wildman–Crippen LogP) is 0.697. The zero-order valence-corrected chi connectivity index (χ0v) is 16.6. The van der Waals surface area contributed by atoms with Crippen LogP contribution in [-0.4, -0.2) is 80.3 Å². The number of halogens is 1. The molecule has 3 rings (SSSR count). The Kier molecular flexibility index (Phi) is 5.96. The first-order chi connectivity index (χ1) is 12.4. The summed E-state index contributed by atoms with van der Waals surface area (Å²) in [5.41, 5.74) is 0. The first-order valence-corrected chi connectivity index (χ1v) is 10.7. The van der Waals surface area contributed by atoms with Gasteiger partial charge in [0.15, 0.2) is 0 Å². The normalized spacial score (nSPS) is 19.8. The van der Waals surface area contributed by atoms with E-state index in [-0.39, 0.29) is 18.5 Å². The topological polar surface area (TPSA) is 90.0 Å². The van der Waals surface area contributed by atoms with Crippen molar-refractivity contribution >= 4 is 37.9 Å². The van der Waals surface area contributed by atoms with Gasteiger partial charge in [0.2, 0.25) is 15.9 Å². The van der Waals surface area contributed by atoms with Gasteiger partial charge in [-0.3, -0.25) is 9.69 Å². The smallest absolute Gasteiger partial charge is 0.324 e. The molecule has 0 bridgehead atoms. The Morgan fingerprint density at radius 1 is 1.08 bits per heavy atom. The molecule has 3 amide bonds. The van der Waals surface area contributed by atoms with Crippen LogP contribution >= 0.6 is 15.9 Å². The fourth-order valence-electron chi connectivity index (χ4n) is 3.10. The van der Waals surface area contributed by atoms with Gasteiger partial charge in [0, 0.05) is 37.2 Å². The summed E-state index contributed by atoms with van der Waals surface area (Å²) in [4.78, 5) is 26.7. The van der Waals surface area contributed by atoms with Crippen molar-refractivity contribution in [2.45, 2.75) is 11.3 Å². The van der Waals surface area contributed by atoms with E-state index in [1.54, 1.807) is 24.3 Å². The average Bonchev–Trinajstić information content (AvgIpc) is 2.94. The van der Waals surface area contributed by atoms with Crippen LogP contribution in [0.25, 0.3) is 0 Å². The van der Waals surface area contributed by atoms with E-state index in [0.717, 1.165) is 11.0 Å². The number of hydrogen-bond acceptors (Lipinski definition) is 5. The van der Waals surface area contributed by atoms with Crippen molar-refractivity contribution in [3.63, 3.8) is 0 Å². The second kappa shape index (κ2) is 8.03. The van der Waals surface area contributed by atoms with Crippen molar-refractivity contribution in [3.8, 4) is 0 Å². The van der Waals surface area contributed by atoms with Gasteiger partial charge in [0.05, 0.1) is 11.4 Å². The highest BCUT2D eigenvalue weighted by Crippen LogP contribution is 2.21. The van der Waals surface area contributed by atoms with Gasteiger partial charge >= 0.3 is 6.03 Å². The average molecular weight is 445 g/mol. The molecule has 0 unspecified atom stereocenters. The van der Waals surface area contributed by atoms with Gasteiger partial charge in [-0.1, -0.05) is 22.0 Å². The minimum atomic E-state index is -3.49. The van der Waals surface area contributed by atoms with Crippen LogP contribution in [-0.2, 0) is 14.8 Å². The molecule has 0 aliphatic carbocycles. The van der Waals surface area contributed by atoms with Crippen LogP contribution in [0, 0.1) is 0 Å². The van der Waals surface area contributed by atoms with Gasteiger partial charge in [-0.25, -0.2) is 13.2 Å². The van der Waals surface area contributed by atoms with Gasteiger partial charge in [-0.2, -0.15) is 4.31 Å². The molecule has 0 atom stereocenters. The van der Waals surface area contributed by atoms with Crippen molar-refractivity contribution in [1.29, 1.82) is 0 Å². The number of hydrogen-bond donors (Lipinski definition) is 1. The van der Waals surface area contributed by atoms with Crippen LogP contribution in [0.5, 0.6) is 0 Å². The Labute approximate surface area is 161 Å². The summed E-state index contributed by atoms with van der Waals surface area (Å²) in [5.74, 6) is -0.195. The highest BCUT2D eigenvalue weighted by atomic mass is 79.9. The molecule has 2 aliphatic heterocycles. The predicted molar refractivity (Wildman–Crippen MR) is 99.1 cm³/mol. The molecule has 8 nitrogen and oxygen atoms in total. The molecule has 1 aromatic rings. The van der Waals surface area contributed by atoms with Crippen molar-refractivity contribution in [2.75, 3.05) is 45.8 Å². The molecular formula is C16H21BrN4O4S. The maximum atomic E-state index is 12.7. The second-order valence-electron chi connectivity index (χ2n) is 6.26. The summed E-state index contributed by atoms with van der Waals surface area (Å²) < 4.78 is 27.6. The van der Waals surface area contributed by atoms with Crippen LogP contribution in [0.3, 0.4) is 0 Å². The summed E-state index contributed by atoms with van der Waals surface area (Å²) in [6, 6.07) is 6.38. The Morgan fingerprint density at radius 2 is 1.81 bits per heavy atom. The van der Waals surface area contributed by atoms with Crippen LogP contribution < -0.4 is 5.32 Å². The zero-order valence-electron chi connectivity index (χ0n) is 14.2. The highest BCUT2D eigenvalue weighted by Gasteiger charge is 2.30. The number of nitrogens with one attached hydrogen (secondary N) is 1. The summed E-state index contributed by atoms with van der Waals surface area (Å²) in [5, 5.41) is 2.50. The molecule has 2 saturated heterocycles. The summed E-state index contributed by atoms with van der Waals surface area (Å²) in [6.07, 6.45) is 0.678. The Morgan fingerprint density at radius 3 is 2.42 bits per heavy atom. The van der Waals surface area contributed by atoms with Crippen molar-refractivity contribution in [1.82, 2.24) is 19.4 Å². The maximum Gasteiger partial charge on any atom is 0.324 e. The summed E-state index contributed by atoms with van der Waals surface area (Å²) in [7, 11) is -3.49. The number of carbonyl (C=O) groups is 2. The molecule has 10 heteroatoms. The summed E-state index contributed by atoms with van der Waals surface area (Å²) >= 11 is 3.31. The molecule has 2 aliphatic rings. The summed E-state index contributed by atoms with van der Waals surface area (Å²) in [6.45, 7) is 3.31. The van der Waals surface area contributed by atoms with E-state index in [9.17, 15) is 18.0 Å². The van der Waals surface area contributed by atoms with Crippen LogP contribution in [0.4, 0.5) is 4.79 Å². The maximum absolute atomic E-state index is 12.7. The van der Waals surface area contributed by atoms with E-state index in [2.05, 4.69) is 26.1 Å². The van der Waals surface area contributed by atoms with E-state index in [4.69, 9.17) is 0 Å². The van der Waals surface area contributed by atoms with E-state index in [1.165, 1.54) is 9.21 Å². The number of urea groups is 1. The third-order valence-corrected chi connectivity index (χ3v) is 6.95. The molecule has 26 heavy (non-hydrogen) atoms. The number of carbonyl (C=O) groups excluding carboxylic acids is 2. The van der Waals surface area contributed by atoms with E-state index in [0.29, 0.717) is 44.0 Å². The lowest BCUT2D eigenvalue weighted by Gasteiger charge is -2.34. The van der Waals surface area contributed by atoms with Crippen molar-refractivity contribution in [2.24, 2.45) is 0 Å². The minimum absolute atomic E-state index is 0.0744. The lowest BCUT2D eigenvalue weighted by Crippen LogP contribution is -2.49. The molecule has 2 fully saturated rings. The lowest BCUT2D eigenvalue weighted by molar-refractivity contribution is -0.125. The third kappa shape index (κ3) is 4.25. The Hall–Kier alpha value is -1.49. The molecule has 1 N–H and O–H groups in total. The largest absolute Gasteiger partial charge is 0.329 e. The van der Waals surface area contributed by atoms with Crippen LogP contribution in [0.2, 0.25) is 0 Å². The fraction of sp³-hybridized carbons (Fsp3) is 0.500. The first kappa shape index (κ1) is 19.3. The van der Waals surface area contributed by atoms with E-state index in [1.807, 2.05) is 0 Å². The van der Waals surface area contributed by atoms with Crippen LogP contribution in [0.1, 0.15) is 6.42 Å². The number of benzene rings is 1. The monoisotopic (exact) mass is 444 g/mol. The molecule has 0 spiro atoms. The quantitative estimate of drug-likeness (QED) is 0.652. The fourth-order valence-corrected chi connectivity index (χ4v) is 5.12. The lowest BCUT2D eigenvalue weighted by atomic mass is 10.3. The number of imide groups is 1. The van der Waals surface area contributed by atoms with Crippen molar-refractivity contribution in [3.05, 3.63) is 28.7 Å². The standard InChI is InChI=1S/C16H21BrN4O4S/c17-13-3-1-4-14(11-13)26(24,25)20-9-7-19(8-10-20)5-2-6-21-15(22)12-18-16(21)23/h1,3-4,11H,2,5-10,12H2,(H,18,23).